The zero-order valence-electron chi connectivity index (χ0n) is 17.2. The van der Waals surface area contributed by atoms with Gasteiger partial charge in [0.15, 0.2) is 0 Å². The third-order valence-electron chi connectivity index (χ3n) is 4.59. The molecule has 1 N–H and O–H groups in total. The summed E-state index contributed by atoms with van der Waals surface area (Å²) in [7, 11) is 0. The van der Waals surface area contributed by atoms with Crippen molar-refractivity contribution in [1.82, 2.24) is 19.7 Å². The third-order valence-corrected chi connectivity index (χ3v) is 4.59. The van der Waals surface area contributed by atoms with Crippen LogP contribution in [-0.2, 0) is 19.3 Å². The molecule has 3 aromatic heterocycles. The molecule has 4 aromatic rings. The summed E-state index contributed by atoms with van der Waals surface area (Å²) < 4.78 is 46.4. The van der Waals surface area contributed by atoms with Crippen molar-refractivity contribution in [2.45, 2.75) is 19.3 Å². The molecule has 0 unspecified atom stereocenters. The Morgan fingerprint density at radius 3 is 2.64 bits per heavy atom. The largest absolute Gasteiger partial charge is 0.488 e. The van der Waals surface area contributed by atoms with Crippen molar-refractivity contribution in [1.29, 1.82) is 0 Å². The topological polar surface area (TPSA) is 81.9 Å². The number of halogens is 3. The van der Waals surface area contributed by atoms with Crippen LogP contribution in [-0.4, -0.2) is 25.7 Å². The number of para-hydroxylation sites is 1. The molecule has 0 aliphatic rings. The highest BCUT2D eigenvalue weighted by molar-refractivity contribution is 6.02. The summed E-state index contributed by atoms with van der Waals surface area (Å²) in [6.45, 7) is 0.291. The number of aromatic nitrogens is 4. The van der Waals surface area contributed by atoms with Crippen LogP contribution in [0.15, 0.2) is 79.4 Å². The molecule has 0 fully saturated rings. The predicted molar refractivity (Wildman–Crippen MR) is 114 cm³/mol. The van der Waals surface area contributed by atoms with Crippen molar-refractivity contribution < 1.29 is 22.7 Å². The van der Waals surface area contributed by atoms with Crippen LogP contribution in [0, 0.1) is 0 Å². The molecule has 1 amide bonds. The quantitative estimate of drug-likeness (QED) is 0.443. The Kier molecular flexibility index (Phi) is 6.34. The smallest absolute Gasteiger partial charge is 0.419 e. The number of anilines is 1. The van der Waals surface area contributed by atoms with E-state index in [1.165, 1.54) is 36.7 Å². The maximum atomic E-state index is 13.1. The number of nitrogens with zero attached hydrogens (tertiary/aromatic N) is 4. The highest BCUT2D eigenvalue weighted by Gasteiger charge is 2.34. The summed E-state index contributed by atoms with van der Waals surface area (Å²) in [5.41, 5.74) is 1.02. The molecule has 0 aliphatic heterocycles. The first kappa shape index (κ1) is 22.0. The lowest BCUT2D eigenvalue weighted by Gasteiger charge is -2.14. The molecule has 168 valence electrons. The molecular weight excluding hydrogens is 435 g/mol. The normalized spacial score (nSPS) is 11.2. The number of carbonyl (C=O) groups excluding carboxylic acids is 1. The number of benzene rings is 1. The molecule has 0 saturated heterocycles. The maximum absolute atomic E-state index is 13.1. The molecule has 0 aliphatic carbocycles. The van der Waals surface area contributed by atoms with Gasteiger partial charge in [0.25, 0.3) is 5.91 Å². The number of nitrogens with one attached hydrogen (secondary N) is 1. The lowest BCUT2D eigenvalue weighted by Crippen LogP contribution is -2.14. The summed E-state index contributed by atoms with van der Waals surface area (Å²) in [4.78, 5) is 20.8. The number of pyridine rings is 2. The second-order valence-electron chi connectivity index (χ2n) is 7.03. The van der Waals surface area contributed by atoms with Gasteiger partial charge in [-0.3, -0.25) is 19.4 Å². The van der Waals surface area contributed by atoms with E-state index in [2.05, 4.69) is 20.4 Å². The Balaban J connectivity index is 1.40. The van der Waals surface area contributed by atoms with Gasteiger partial charge in [-0.05, 0) is 42.0 Å². The van der Waals surface area contributed by atoms with Gasteiger partial charge in [0.2, 0.25) is 0 Å². The van der Waals surface area contributed by atoms with Gasteiger partial charge in [-0.2, -0.15) is 18.3 Å². The molecule has 1 aromatic carbocycles. The second-order valence-corrected chi connectivity index (χ2v) is 7.03. The van der Waals surface area contributed by atoms with E-state index in [1.807, 2.05) is 18.2 Å². The maximum Gasteiger partial charge on any atom is 0.419 e. The molecule has 3 heterocycles. The van der Waals surface area contributed by atoms with E-state index in [1.54, 1.807) is 23.1 Å². The first-order valence-electron chi connectivity index (χ1n) is 9.86. The fourth-order valence-electron chi connectivity index (χ4n) is 3.04. The highest BCUT2D eigenvalue weighted by Crippen LogP contribution is 2.36. The Hall–Kier alpha value is -4.21. The first-order valence-corrected chi connectivity index (χ1v) is 9.86. The van der Waals surface area contributed by atoms with Gasteiger partial charge in [-0.15, -0.1) is 0 Å². The van der Waals surface area contributed by atoms with E-state index < -0.39 is 17.6 Å². The van der Waals surface area contributed by atoms with Gasteiger partial charge < -0.3 is 10.1 Å². The van der Waals surface area contributed by atoms with E-state index >= 15 is 0 Å². The van der Waals surface area contributed by atoms with Gasteiger partial charge in [-0.25, -0.2) is 0 Å². The summed E-state index contributed by atoms with van der Waals surface area (Å²) in [6, 6.07) is 13.5. The second kappa shape index (κ2) is 9.51. The van der Waals surface area contributed by atoms with Gasteiger partial charge >= 0.3 is 6.18 Å². The Morgan fingerprint density at radius 2 is 1.85 bits per heavy atom. The minimum absolute atomic E-state index is 0.0951. The number of amides is 1. The average molecular weight is 453 g/mol. The highest BCUT2D eigenvalue weighted by atomic mass is 19.4. The molecule has 0 radical (unpaired) electrons. The molecule has 0 saturated carbocycles. The number of hydrogen-bond donors (Lipinski definition) is 1. The average Bonchev–Trinajstić information content (AvgIpc) is 3.24. The summed E-state index contributed by atoms with van der Waals surface area (Å²) in [5, 5.41) is 6.90. The van der Waals surface area contributed by atoms with Crippen molar-refractivity contribution in [3.8, 4) is 5.75 Å². The van der Waals surface area contributed by atoms with Gasteiger partial charge in [-0.1, -0.05) is 18.2 Å². The molecule has 0 atom stereocenters. The molecule has 0 spiro atoms. The molecular formula is C23H18F3N5O2. The Morgan fingerprint density at radius 1 is 1.03 bits per heavy atom. The Labute approximate surface area is 186 Å². The third kappa shape index (κ3) is 5.73. The van der Waals surface area contributed by atoms with Crippen LogP contribution in [0.5, 0.6) is 5.75 Å². The number of hydrogen-bond acceptors (Lipinski definition) is 5. The molecule has 4 rings (SSSR count). The number of carbonyl (C=O) groups is 1. The van der Waals surface area contributed by atoms with Gasteiger partial charge in [0.1, 0.15) is 18.1 Å². The van der Waals surface area contributed by atoms with Gasteiger partial charge in [0.05, 0.1) is 29.7 Å². The minimum Gasteiger partial charge on any atom is -0.488 e. The zero-order valence-corrected chi connectivity index (χ0v) is 17.2. The fourth-order valence-corrected chi connectivity index (χ4v) is 3.04. The minimum atomic E-state index is -4.53. The first-order chi connectivity index (χ1) is 15.9. The number of rotatable bonds is 7. The standard InChI is InChI=1S/C23H18F3N5O2/c24-23(25,26)19-6-1-2-7-21(19)33-15-16-8-10-28-20(11-16)22(32)30-18-12-29-31(14-18)13-17-5-3-4-9-27-17/h1-12,14H,13,15H2,(H,30,32). The molecule has 7 nitrogen and oxygen atoms in total. The van der Waals surface area contributed by atoms with Crippen molar-refractivity contribution in [3.05, 3.63) is 102 Å². The lowest BCUT2D eigenvalue weighted by molar-refractivity contribution is -0.139. The lowest BCUT2D eigenvalue weighted by atomic mass is 10.2. The molecule has 33 heavy (non-hydrogen) atoms. The van der Waals surface area contributed by atoms with Crippen molar-refractivity contribution >= 4 is 11.6 Å². The van der Waals surface area contributed by atoms with E-state index in [0.717, 1.165) is 11.8 Å². The van der Waals surface area contributed by atoms with E-state index in [0.29, 0.717) is 17.8 Å². The van der Waals surface area contributed by atoms with E-state index in [9.17, 15) is 18.0 Å². The molecule has 0 bridgehead atoms. The molecule has 10 heteroatoms. The van der Waals surface area contributed by atoms with Crippen LogP contribution in [0.25, 0.3) is 0 Å². The summed E-state index contributed by atoms with van der Waals surface area (Å²) in [6.07, 6.45) is 1.72. The van der Waals surface area contributed by atoms with Crippen molar-refractivity contribution in [2.24, 2.45) is 0 Å². The van der Waals surface area contributed by atoms with Crippen LogP contribution in [0.3, 0.4) is 0 Å². The Bertz CT molecular complexity index is 1240. The summed E-state index contributed by atoms with van der Waals surface area (Å²) >= 11 is 0. The van der Waals surface area contributed by atoms with Crippen molar-refractivity contribution in [3.63, 3.8) is 0 Å². The van der Waals surface area contributed by atoms with Crippen LogP contribution in [0.1, 0.15) is 27.3 Å². The van der Waals surface area contributed by atoms with Crippen LogP contribution in [0.4, 0.5) is 18.9 Å². The fraction of sp³-hybridized carbons (Fsp3) is 0.130. The van der Waals surface area contributed by atoms with E-state index in [4.69, 9.17) is 4.74 Å². The summed E-state index contributed by atoms with van der Waals surface area (Å²) in [5.74, 6) is -0.766. The monoisotopic (exact) mass is 453 g/mol. The van der Waals surface area contributed by atoms with Gasteiger partial charge in [0, 0.05) is 18.6 Å². The van der Waals surface area contributed by atoms with E-state index in [-0.39, 0.29) is 18.1 Å². The van der Waals surface area contributed by atoms with Crippen LogP contribution in [0.2, 0.25) is 0 Å². The number of ether oxygens (including phenoxy) is 1. The van der Waals surface area contributed by atoms with Crippen LogP contribution >= 0.6 is 0 Å². The predicted octanol–water partition coefficient (Wildman–Crippen LogP) is 4.57. The number of alkyl halides is 3. The van der Waals surface area contributed by atoms with Crippen LogP contribution < -0.4 is 10.1 Å². The zero-order chi connectivity index (χ0) is 23.3. The SMILES string of the molecule is O=C(Nc1cnn(Cc2ccccn2)c1)c1cc(COc2ccccc2C(F)(F)F)ccn1. The van der Waals surface area contributed by atoms with Crippen molar-refractivity contribution in [2.75, 3.05) is 5.32 Å².